The topological polar surface area (TPSA) is 111 Å². The molecule has 4 N–H and O–H groups in total. The maximum absolute atomic E-state index is 13.1. The van der Waals surface area contributed by atoms with Crippen molar-refractivity contribution in [1.29, 1.82) is 5.41 Å². The average molecular weight is 494 g/mol. The molecule has 0 saturated carbocycles. The van der Waals surface area contributed by atoms with Gasteiger partial charge in [-0.1, -0.05) is 12.1 Å². The number of fused-ring (bicyclic) bond motifs is 1. The number of esters is 1. The normalized spacial score (nSPS) is 16.8. The van der Waals surface area contributed by atoms with Crippen molar-refractivity contribution < 1.29 is 18.7 Å². The zero-order valence-corrected chi connectivity index (χ0v) is 20.2. The van der Waals surface area contributed by atoms with Crippen LogP contribution in [0.1, 0.15) is 37.2 Å². The van der Waals surface area contributed by atoms with Gasteiger partial charge in [0.1, 0.15) is 34.4 Å². The number of benzene rings is 2. The number of nitrogens with one attached hydrogen (secondary N) is 2. The Labute approximate surface area is 205 Å². The Morgan fingerprint density at radius 3 is 2.55 bits per heavy atom. The van der Waals surface area contributed by atoms with Crippen molar-refractivity contribution in [2.24, 2.45) is 5.73 Å². The predicted octanol–water partition coefficient (Wildman–Crippen LogP) is 4.17. The summed E-state index contributed by atoms with van der Waals surface area (Å²) in [6, 6.07) is 14.6. The van der Waals surface area contributed by atoms with Crippen LogP contribution in [0.25, 0.3) is 11.0 Å². The lowest BCUT2D eigenvalue weighted by Crippen LogP contribution is -2.35. The molecule has 2 atom stereocenters. The maximum Gasteiger partial charge on any atom is 0.324 e. The summed E-state index contributed by atoms with van der Waals surface area (Å²) in [7, 11) is 0. The van der Waals surface area contributed by atoms with Gasteiger partial charge in [-0.3, -0.25) is 10.2 Å². The van der Waals surface area contributed by atoms with Crippen LogP contribution >= 0.6 is 24.8 Å². The van der Waals surface area contributed by atoms with Gasteiger partial charge >= 0.3 is 5.97 Å². The first-order valence-corrected chi connectivity index (χ1v) is 10.5. The number of halogens is 2. The molecular weight excluding hydrogens is 465 g/mol. The number of hydrogen-bond donors (Lipinski definition) is 3. The minimum atomic E-state index is -1.14. The minimum absolute atomic E-state index is 0. The van der Waals surface area contributed by atoms with Crippen molar-refractivity contribution in [3.05, 3.63) is 65.4 Å². The first-order valence-electron chi connectivity index (χ1n) is 10.5. The highest BCUT2D eigenvalue weighted by atomic mass is 35.5. The Balaban J connectivity index is 0.00000193. The van der Waals surface area contributed by atoms with Crippen LogP contribution in [0.15, 0.2) is 52.9 Å². The molecule has 2 heterocycles. The molecule has 9 heteroatoms. The van der Waals surface area contributed by atoms with Gasteiger partial charge in [0.15, 0.2) is 0 Å². The van der Waals surface area contributed by atoms with Crippen LogP contribution in [0.5, 0.6) is 5.75 Å². The van der Waals surface area contributed by atoms with Crippen molar-refractivity contribution in [1.82, 2.24) is 5.32 Å². The quantitative estimate of drug-likeness (QED) is 0.258. The number of rotatable bonds is 7. The highest BCUT2D eigenvalue weighted by molar-refractivity contribution is 5.98. The number of carbonyl (C=O) groups excluding carboxylic acids is 1. The van der Waals surface area contributed by atoms with E-state index < -0.39 is 11.4 Å². The van der Waals surface area contributed by atoms with Gasteiger partial charge in [0.2, 0.25) is 0 Å². The second-order valence-electron chi connectivity index (χ2n) is 7.88. The van der Waals surface area contributed by atoms with Gasteiger partial charge in [-0.25, -0.2) is 0 Å². The molecule has 1 aliphatic rings. The van der Waals surface area contributed by atoms with Crippen LogP contribution in [0.4, 0.5) is 0 Å². The molecule has 0 aliphatic carbocycles. The van der Waals surface area contributed by atoms with E-state index in [0.717, 1.165) is 36.2 Å². The number of ether oxygens (including phenoxy) is 2. The largest absolute Gasteiger partial charge is 0.489 e. The zero-order valence-electron chi connectivity index (χ0n) is 18.6. The van der Waals surface area contributed by atoms with Crippen LogP contribution in [-0.2, 0) is 14.9 Å². The standard InChI is InChI=1S/C24H27N3O4.2ClH/c1-3-29-23(28)24(2,17-5-7-18(8-6-17)30-19-10-11-27-14-19)21-13-16-12-15(22(25)26)4-9-20(16)31-21;;/h4-9,12-13,19,27H,3,10-11,14H2,1-2H3,(H3,25,26);2*1H/t19-,24?;;/m0../s1. The SMILES string of the molecule is CCOC(=O)C(C)(c1ccc(O[C@H]2CCNC2)cc1)c1cc2cc(C(=N)N)ccc2o1.Cl.Cl. The van der Waals surface area contributed by atoms with Gasteiger partial charge in [-0.05, 0) is 68.8 Å². The number of furan rings is 1. The maximum atomic E-state index is 13.1. The molecule has 0 spiro atoms. The second-order valence-corrected chi connectivity index (χ2v) is 7.88. The summed E-state index contributed by atoms with van der Waals surface area (Å²) < 4.78 is 17.5. The fourth-order valence-corrected chi connectivity index (χ4v) is 3.88. The average Bonchev–Trinajstić information content (AvgIpc) is 3.43. The Morgan fingerprint density at radius 1 is 1.21 bits per heavy atom. The summed E-state index contributed by atoms with van der Waals surface area (Å²) in [5.74, 6) is 0.815. The molecule has 33 heavy (non-hydrogen) atoms. The minimum Gasteiger partial charge on any atom is -0.489 e. The van der Waals surface area contributed by atoms with Gasteiger partial charge in [-0.15, -0.1) is 24.8 Å². The summed E-state index contributed by atoms with van der Waals surface area (Å²) in [5, 5.41) is 11.7. The molecule has 2 aromatic carbocycles. The van der Waals surface area contributed by atoms with Gasteiger partial charge in [0.25, 0.3) is 0 Å². The second kappa shape index (κ2) is 10.9. The fourth-order valence-electron chi connectivity index (χ4n) is 3.88. The summed E-state index contributed by atoms with van der Waals surface area (Å²) >= 11 is 0. The van der Waals surface area contributed by atoms with Gasteiger partial charge in [-0.2, -0.15) is 0 Å². The Hall–Kier alpha value is -2.74. The first kappa shape index (κ1) is 26.5. The van der Waals surface area contributed by atoms with E-state index in [1.165, 1.54) is 0 Å². The van der Waals surface area contributed by atoms with E-state index in [4.69, 9.17) is 25.0 Å². The molecule has 4 rings (SSSR count). The van der Waals surface area contributed by atoms with Crippen molar-refractivity contribution in [3.8, 4) is 5.75 Å². The molecule has 7 nitrogen and oxygen atoms in total. The van der Waals surface area contributed by atoms with E-state index in [0.29, 0.717) is 16.9 Å². The molecule has 3 aromatic rings. The lowest BCUT2D eigenvalue weighted by molar-refractivity contribution is -0.148. The highest BCUT2D eigenvalue weighted by Gasteiger charge is 2.42. The lowest BCUT2D eigenvalue weighted by Gasteiger charge is -2.26. The van der Waals surface area contributed by atoms with Crippen molar-refractivity contribution >= 4 is 47.6 Å². The third kappa shape index (κ3) is 5.27. The molecule has 0 radical (unpaired) electrons. The fraction of sp³-hybridized carbons (Fsp3) is 0.333. The van der Waals surface area contributed by atoms with Gasteiger partial charge < -0.3 is 24.9 Å². The summed E-state index contributed by atoms with van der Waals surface area (Å²) in [4.78, 5) is 13.1. The summed E-state index contributed by atoms with van der Waals surface area (Å²) in [5.41, 5.74) is 6.43. The van der Waals surface area contributed by atoms with Gasteiger partial charge in [0.05, 0.1) is 6.61 Å². The van der Waals surface area contributed by atoms with E-state index in [9.17, 15) is 4.79 Å². The van der Waals surface area contributed by atoms with E-state index in [2.05, 4.69) is 5.32 Å². The number of carbonyl (C=O) groups is 1. The molecule has 1 aliphatic heterocycles. The van der Waals surface area contributed by atoms with E-state index in [1.807, 2.05) is 30.3 Å². The third-order valence-electron chi connectivity index (χ3n) is 5.75. The van der Waals surface area contributed by atoms with Crippen molar-refractivity contribution in [3.63, 3.8) is 0 Å². The molecule has 1 unspecified atom stereocenters. The lowest BCUT2D eigenvalue weighted by atomic mass is 9.80. The van der Waals surface area contributed by atoms with E-state index >= 15 is 0 Å². The van der Waals surface area contributed by atoms with Crippen LogP contribution in [0.3, 0.4) is 0 Å². The van der Waals surface area contributed by atoms with Crippen molar-refractivity contribution in [2.45, 2.75) is 31.8 Å². The van der Waals surface area contributed by atoms with Gasteiger partial charge in [0, 0.05) is 17.5 Å². The molecule has 1 saturated heterocycles. The molecule has 0 amide bonds. The number of hydrogen-bond acceptors (Lipinski definition) is 6. The Morgan fingerprint density at radius 2 is 1.94 bits per heavy atom. The monoisotopic (exact) mass is 493 g/mol. The van der Waals surface area contributed by atoms with E-state index in [-0.39, 0.29) is 43.4 Å². The Bertz CT molecular complexity index is 1110. The van der Waals surface area contributed by atoms with Crippen LogP contribution < -0.4 is 15.8 Å². The van der Waals surface area contributed by atoms with Crippen LogP contribution in [0.2, 0.25) is 0 Å². The van der Waals surface area contributed by atoms with Crippen LogP contribution in [-0.4, -0.2) is 37.6 Å². The van der Waals surface area contributed by atoms with Crippen molar-refractivity contribution in [2.75, 3.05) is 19.7 Å². The molecular formula is C24H29Cl2N3O4. The molecule has 1 aromatic heterocycles. The highest BCUT2D eigenvalue weighted by Crippen LogP contribution is 2.38. The Kier molecular flexibility index (Phi) is 8.77. The number of nitrogens with two attached hydrogens (primary N) is 1. The van der Waals surface area contributed by atoms with E-state index in [1.54, 1.807) is 32.0 Å². The molecule has 178 valence electrons. The molecule has 0 bridgehead atoms. The number of amidine groups is 1. The predicted molar refractivity (Wildman–Crippen MR) is 133 cm³/mol. The smallest absolute Gasteiger partial charge is 0.324 e. The first-order chi connectivity index (χ1) is 14.9. The molecule has 1 fully saturated rings. The van der Waals surface area contributed by atoms with Crippen LogP contribution in [0, 0.1) is 5.41 Å². The summed E-state index contributed by atoms with van der Waals surface area (Å²) in [6.07, 6.45) is 1.14. The summed E-state index contributed by atoms with van der Waals surface area (Å²) in [6.45, 7) is 5.64. The third-order valence-corrected chi connectivity index (χ3v) is 5.75. The number of nitrogen functional groups attached to an aromatic ring is 1. The zero-order chi connectivity index (χ0) is 22.0.